The van der Waals surface area contributed by atoms with Gasteiger partial charge in [0.05, 0.1) is 51.3 Å². The van der Waals surface area contributed by atoms with Crippen LogP contribution in [0.1, 0.15) is 45.1 Å². The van der Waals surface area contributed by atoms with Crippen molar-refractivity contribution in [3.05, 3.63) is 35.4 Å². The number of anilines is 1. The minimum atomic E-state index is -1.44. The zero-order valence-corrected chi connectivity index (χ0v) is 17.5. The Bertz CT molecular complexity index is 710. The molecule has 0 spiro atoms. The molecule has 1 atom stereocenters. The Morgan fingerprint density at radius 2 is 1.93 bits per heavy atom. The third-order valence-electron chi connectivity index (χ3n) is 5.97. The molecule has 0 aromatic heterocycles. The van der Waals surface area contributed by atoms with E-state index < -0.39 is 5.97 Å². The lowest BCUT2D eigenvalue weighted by Gasteiger charge is -2.44. The summed E-state index contributed by atoms with van der Waals surface area (Å²) in [5.41, 5.74) is 1.49. The van der Waals surface area contributed by atoms with Gasteiger partial charge in [0.1, 0.15) is 6.07 Å². The molecule has 1 aromatic carbocycles. The van der Waals surface area contributed by atoms with Crippen LogP contribution in [0.3, 0.4) is 0 Å². The van der Waals surface area contributed by atoms with Gasteiger partial charge >= 0.3 is 0 Å². The molecule has 1 aromatic rings. The Labute approximate surface area is 169 Å². The van der Waals surface area contributed by atoms with Gasteiger partial charge in [0.15, 0.2) is 0 Å². The second-order valence-electron chi connectivity index (χ2n) is 8.20. The fourth-order valence-corrected chi connectivity index (χ4v) is 4.01. The van der Waals surface area contributed by atoms with E-state index in [0.29, 0.717) is 5.56 Å². The zero-order chi connectivity index (χ0) is 20.6. The molecule has 152 valence electrons. The molecule has 5 nitrogen and oxygen atoms in total. The highest BCUT2D eigenvalue weighted by molar-refractivity contribution is 5.95. The molecule has 1 unspecified atom stereocenters. The Hall–Kier alpha value is -2.32. The number of carbonyl (C=O) groups excluding carboxylic acids is 1. The van der Waals surface area contributed by atoms with Crippen LogP contribution in [0, 0.1) is 17.2 Å². The van der Waals surface area contributed by atoms with E-state index in [1.54, 1.807) is 6.07 Å². The van der Waals surface area contributed by atoms with E-state index in [1.165, 1.54) is 38.3 Å². The van der Waals surface area contributed by atoms with Gasteiger partial charge < -0.3 is 19.3 Å². The second kappa shape index (κ2) is 10.3. The van der Waals surface area contributed by atoms with E-state index in [1.807, 2.05) is 24.3 Å². The van der Waals surface area contributed by atoms with Crippen LogP contribution in [-0.4, -0.2) is 50.2 Å². The van der Waals surface area contributed by atoms with Crippen molar-refractivity contribution in [2.75, 3.05) is 44.7 Å². The molecule has 2 rings (SSSR count). The van der Waals surface area contributed by atoms with E-state index in [9.17, 15) is 9.90 Å². The van der Waals surface area contributed by atoms with Gasteiger partial charge in [0.25, 0.3) is 0 Å². The number of aliphatic carboxylic acids is 1. The number of carboxylic acid groups (broad SMARTS) is 1. The number of likely N-dealkylation sites (N-methyl/N-ethyl adjacent to an activating group) is 1. The minimum absolute atomic E-state index is 0.354. The molecule has 1 aliphatic heterocycles. The van der Waals surface area contributed by atoms with Crippen LogP contribution in [0.5, 0.6) is 0 Å². The molecule has 0 N–H and O–H groups in total. The summed E-state index contributed by atoms with van der Waals surface area (Å²) in [7, 11) is 2.39. The first-order valence-electron chi connectivity index (χ1n) is 10.4. The first-order valence-corrected chi connectivity index (χ1v) is 10.4. The molecule has 28 heavy (non-hydrogen) atoms. The Morgan fingerprint density at radius 3 is 2.43 bits per heavy atom. The number of unbranched alkanes of at least 4 members (excludes halogenated alkanes) is 1. The van der Waals surface area contributed by atoms with E-state index in [-0.39, 0.29) is 5.57 Å². The average molecular weight is 384 g/mol. The van der Waals surface area contributed by atoms with Crippen molar-refractivity contribution in [2.45, 2.75) is 39.5 Å². The van der Waals surface area contributed by atoms with E-state index in [2.05, 4.69) is 25.8 Å². The third-order valence-corrected chi connectivity index (χ3v) is 5.97. The smallest absolute Gasteiger partial charge is 0.101 e. The highest BCUT2D eigenvalue weighted by atomic mass is 16.4. The molecule has 1 aliphatic rings. The first-order chi connectivity index (χ1) is 13.4. The molecule has 0 amide bonds. The van der Waals surface area contributed by atoms with Crippen LogP contribution in [0.15, 0.2) is 29.8 Å². The molecule has 1 saturated heterocycles. The molecular formula is C23H33N3O2. The van der Waals surface area contributed by atoms with Gasteiger partial charge in [-0.25, -0.2) is 0 Å². The lowest BCUT2D eigenvalue weighted by atomic mass is 9.97. The van der Waals surface area contributed by atoms with Crippen molar-refractivity contribution in [2.24, 2.45) is 5.92 Å². The number of piperazine rings is 1. The maximum Gasteiger partial charge on any atom is 0.101 e. The van der Waals surface area contributed by atoms with Gasteiger partial charge in [-0.15, -0.1) is 0 Å². The average Bonchev–Trinajstić information content (AvgIpc) is 2.70. The topological polar surface area (TPSA) is 67.2 Å². The maximum absolute atomic E-state index is 10.9. The molecule has 0 saturated carbocycles. The fourth-order valence-electron chi connectivity index (χ4n) is 4.01. The molecule has 1 heterocycles. The van der Waals surface area contributed by atoms with Crippen LogP contribution >= 0.6 is 0 Å². The van der Waals surface area contributed by atoms with E-state index in [4.69, 9.17) is 5.26 Å². The number of benzene rings is 1. The largest absolute Gasteiger partial charge is 0.544 e. The monoisotopic (exact) mass is 383 g/mol. The number of rotatable bonds is 9. The van der Waals surface area contributed by atoms with Crippen LogP contribution < -0.4 is 10.0 Å². The molecule has 0 aliphatic carbocycles. The zero-order valence-electron chi connectivity index (χ0n) is 17.5. The summed E-state index contributed by atoms with van der Waals surface area (Å²) < 4.78 is 1.15. The second-order valence-corrected chi connectivity index (χ2v) is 8.20. The summed E-state index contributed by atoms with van der Waals surface area (Å²) >= 11 is 0. The van der Waals surface area contributed by atoms with Crippen molar-refractivity contribution < 1.29 is 14.4 Å². The standard InChI is InChI=1S/C23H33N3O2/c1-4-6-7-19(5-2)18-26(3)14-12-25(13-15-26)22-10-8-20(9-11-22)16-21(17-24)23(27)28/h8-11,16,19H,4-7,12-15,18H2,1-3H3/b21-16+. The number of hydrogen-bond acceptors (Lipinski definition) is 4. The highest BCUT2D eigenvalue weighted by Gasteiger charge is 2.30. The van der Waals surface area contributed by atoms with Crippen molar-refractivity contribution in [1.82, 2.24) is 0 Å². The summed E-state index contributed by atoms with van der Waals surface area (Å²) in [6.45, 7) is 10.2. The van der Waals surface area contributed by atoms with Crippen LogP contribution in [0.25, 0.3) is 6.08 Å². The Morgan fingerprint density at radius 1 is 1.29 bits per heavy atom. The Balaban J connectivity index is 1.95. The minimum Gasteiger partial charge on any atom is -0.544 e. The summed E-state index contributed by atoms with van der Waals surface area (Å²) in [6.07, 6.45) is 6.57. The molecule has 5 heteroatoms. The lowest BCUT2D eigenvalue weighted by Crippen LogP contribution is -2.58. The molecule has 0 radical (unpaired) electrons. The van der Waals surface area contributed by atoms with E-state index in [0.717, 1.165) is 42.3 Å². The number of nitrogens with zero attached hydrogens (tertiary/aromatic N) is 3. The number of hydrogen-bond donors (Lipinski definition) is 0. The number of nitriles is 1. The van der Waals surface area contributed by atoms with Gasteiger partial charge in [0.2, 0.25) is 0 Å². The first kappa shape index (κ1) is 22.0. The van der Waals surface area contributed by atoms with Gasteiger partial charge in [-0.3, -0.25) is 0 Å². The number of carboxylic acids is 1. The maximum atomic E-state index is 10.9. The van der Waals surface area contributed by atoms with Crippen molar-refractivity contribution >= 4 is 17.7 Å². The fraction of sp³-hybridized carbons (Fsp3) is 0.565. The lowest BCUT2D eigenvalue weighted by molar-refractivity contribution is -0.913. The summed E-state index contributed by atoms with van der Waals surface area (Å²) in [6, 6.07) is 9.37. The van der Waals surface area contributed by atoms with Crippen molar-refractivity contribution in [3.63, 3.8) is 0 Å². The normalized spacial score (nSPS) is 17.8. The third kappa shape index (κ3) is 6.10. The summed E-state index contributed by atoms with van der Waals surface area (Å²) in [5.74, 6) is -0.621. The molecular weight excluding hydrogens is 350 g/mol. The number of quaternary nitrogens is 1. The van der Waals surface area contributed by atoms with Gasteiger partial charge in [-0.1, -0.05) is 38.8 Å². The van der Waals surface area contributed by atoms with E-state index >= 15 is 0 Å². The van der Waals surface area contributed by atoms with Gasteiger partial charge in [-0.05, 0) is 36.6 Å². The van der Waals surface area contributed by atoms with Gasteiger partial charge in [0, 0.05) is 11.6 Å². The van der Waals surface area contributed by atoms with Crippen LogP contribution in [0.4, 0.5) is 5.69 Å². The predicted molar refractivity (Wildman–Crippen MR) is 111 cm³/mol. The molecule has 0 bridgehead atoms. The van der Waals surface area contributed by atoms with Crippen LogP contribution in [0.2, 0.25) is 0 Å². The van der Waals surface area contributed by atoms with Crippen molar-refractivity contribution in [3.8, 4) is 6.07 Å². The van der Waals surface area contributed by atoms with Crippen molar-refractivity contribution in [1.29, 1.82) is 5.26 Å². The van der Waals surface area contributed by atoms with Crippen LogP contribution in [-0.2, 0) is 4.79 Å². The summed E-state index contributed by atoms with van der Waals surface area (Å²) in [5, 5.41) is 19.7. The Kier molecular flexibility index (Phi) is 8.07. The van der Waals surface area contributed by atoms with Gasteiger partial charge in [-0.2, -0.15) is 5.26 Å². The predicted octanol–water partition coefficient (Wildman–Crippen LogP) is 2.83. The SMILES string of the molecule is CCCCC(CC)C[N+]1(C)CCN(c2ccc(/C=C(\C#N)C(=O)[O-])cc2)CC1. The highest BCUT2D eigenvalue weighted by Crippen LogP contribution is 2.23. The summed E-state index contributed by atoms with van der Waals surface area (Å²) in [4.78, 5) is 13.2. The molecule has 1 fully saturated rings. The number of carbonyl (C=O) groups is 1. The quantitative estimate of drug-likeness (QED) is 0.374.